The molecule has 0 aliphatic heterocycles. The van der Waals surface area contributed by atoms with Crippen LogP contribution < -0.4 is 5.32 Å². The summed E-state index contributed by atoms with van der Waals surface area (Å²) in [5.41, 5.74) is 2.05. The molecule has 0 unspecified atom stereocenters. The molecule has 0 fully saturated rings. The van der Waals surface area contributed by atoms with Gasteiger partial charge in [0, 0.05) is 12.1 Å². The number of carbonyl (C=O) groups excluding carboxylic acids is 1. The maximum absolute atomic E-state index is 11.3. The summed E-state index contributed by atoms with van der Waals surface area (Å²) in [6, 6.07) is 5.27. The molecule has 1 amide bonds. The summed E-state index contributed by atoms with van der Waals surface area (Å²) in [6.07, 6.45) is 1.36. The molecule has 0 spiro atoms. The average molecular weight is 205 g/mol. The van der Waals surface area contributed by atoms with E-state index >= 15 is 0 Å². The number of aromatic nitrogens is 2. The molecule has 2 aromatic rings. The van der Waals surface area contributed by atoms with E-state index in [0.29, 0.717) is 17.5 Å². The first-order valence-corrected chi connectivity index (χ1v) is 4.82. The Balaban J connectivity index is 2.17. The van der Waals surface area contributed by atoms with Crippen LogP contribution in [0.5, 0.6) is 0 Å². The van der Waals surface area contributed by atoms with E-state index in [4.69, 9.17) is 0 Å². The first-order chi connectivity index (χ1) is 7.29. The zero-order chi connectivity index (χ0) is 10.7. The zero-order valence-corrected chi connectivity index (χ0v) is 8.36. The summed E-state index contributed by atoms with van der Waals surface area (Å²) in [5.74, 6) is 0.00769. The molecule has 5 heteroatoms. The number of fused-ring (bicyclic) bond motifs is 1. The van der Waals surface area contributed by atoms with E-state index in [9.17, 15) is 4.79 Å². The van der Waals surface area contributed by atoms with Crippen LogP contribution in [-0.4, -0.2) is 16.2 Å². The zero-order valence-electron chi connectivity index (χ0n) is 8.36. The number of nitrogens with one attached hydrogen (secondary N) is 1. The van der Waals surface area contributed by atoms with Crippen molar-refractivity contribution in [1.29, 1.82) is 0 Å². The van der Waals surface area contributed by atoms with Crippen LogP contribution in [0.2, 0.25) is 0 Å². The molecule has 1 heterocycles. The summed E-state index contributed by atoms with van der Waals surface area (Å²) in [4.78, 5) is 11.3. The van der Waals surface area contributed by atoms with Gasteiger partial charge in [0.1, 0.15) is 11.0 Å². The van der Waals surface area contributed by atoms with Gasteiger partial charge in [-0.15, -0.1) is 0 Å². The normalized spacial score (nSPS) is 10.5. The van der Waals surface area contributed by atoms with Crippen LogP contribution in [0.15, 0.2) is 22.8 Å². The molecule has 0 bridgehead atoms. The van der Waals surface area contributed by atoms with Gasteiger partial charge in [-0.25, -0.2) is 4.63 Å². The lowest BCUT2D eigenvalue weighted by Crippen LogP contribution is -2.10. The molecule has 15 heavy (non-hydrogen) atoms. The number of rotatable bonds is 3. The van der Waals surface area contributed by atoms with Gasteiger partial charge in [0.25, 0.3) is 0 Å². The summed E-state index contributed by atoms with van der Waals surface area (Å²) in [6.45, 7) is 1.96. The Labute approximate surface area is 86.4 Å². The van der Waals surface area contributed by atoms with Gasteiger partial charge < -0.3 is 5.32 Å². The Morgan fingerprint density at radius 2 is 2.20 bits per heavy atom. The molecule has 1 N–H and O–H groups in total. The fraction of sp³-hybridized carbons (Fsp3) is 0.300. The smallest absolute Gasteiger partial charge is 0.224 e. The number of carbonyl (C=O) groups is 1. The number of benzene rings is 1. The highest BCUT2D eigenvalue weighted by Gasteiger charge is 2.04. The van der Waals surface area contributed by atoms with Crippen LogP contribution >= 0.6 is 0 Å². The Bertz CT molecular complexity index is 478. The van der Waals surface area contributed by atoms with E-state index in [-0.39, 0.29) is 5.91 Å². The first-order valence-electron chi connectivity index (χ1n) is 4.82. The first kappa shape index (κ1) is 9.64. The number of nitrogens with zero attached hydrogens (tertiary/aromatic N) is 2. The predicted molar refractivity (Wildman–Crippen MR) is 55.3 cm³/mol. The minimum atomic E-state index is 0.00769. The van der Waals surface area contributed by atoms with Crippen molar-refractivity contribution >= 4 is 22.6 Å². The molecule has 5 nitrogen and oxygen atoms in total. The second kappa shape index (κ2) is 4.08. The SMILES string of the molecule is CCCC(=O)Nc1ccc2nonc2c1. The minimum Gasteiger partial charge on any atom is -0.326 e. The van der Waals surface area contributed by atoms with Gasteiger partial charge >= 0.3 is 0 Å². The summed E-state index contributed by atoms with van der Waals surface area (Å²) in [7, 11) is 0. The monoisotopic (exact) mass is 205 g/mol. The summed E-state index contributed by atoms with van der Waals surface area (Å²) < 4.78 is 4.56. The Kier molecular flexibility index (Phi) is 2.62. The Morgan fingerprint density at radius 3 is 3.00 bits per heavy atom. The third kappa shape index (κ3) is 2.12. The number of anilines is 1. The van der Waals surface area contributed by atoms with Gasteiger partial charge in [-0.1, -0.05) is 6.92 Å². The molecule has 0 aliphatic rings. The fourth-order valence-electron chi connectivity index (χ4n) is 1.31. The van der Waals surface area contributed by atoms with E-state index in [1.807, 2.05) is 6.92 Å². The van der Waals surface area contributed by atoms with Crippen LogP contribution in [0.25, 0.3) is 11.0 Å². The molecular weight excluding hydrogens is 194 g/mol. The average Bonchev–Trinajstić information content (AvgIpc) is 2.65. The van der Waals surface area contributed by atoms with Gasteiger partial charge in [-0.05, 0) is 34.9 Å². The van der Waals surface area contributed by atoms with Crippen LogP contribution in [0.4, 0.5) is 5.69 Å². The number of hydrogen-bond donors (Lipinski definition) is 1. The van der Waals surface area contributed by atoms with Crippen molar-refractivity contribution in [2.24, 2.45) is 0 Å². The minimum absolute atomic E-state index is 0.00769. The third-order valence-electron chi connectivity index (χ3n) is 2.01. The van der Waals surface area contributed by atoms with Crippen LogP contribution in [0.1, 0.15) is 19.8 Å². The van der Waals surface area contributed by atoms with E-state index in [0.717, 1.165) is 12.1 Å². The fourth-order valence-corrected chi connectivity index (χ4v) is 1.31. The largest absolute Gasteiger partial charge is 0.326 e. The van der Waals surface area contributed by atoms with E-state index in [1.54, 1.807) is 18.2 Å². The van der Waals surface area contributed by atoms with Gasteiger partial charge in [0.05, 0.1) is 0 Å². The molecule has 0 saturated heterocycles. The molecular formula is C10H11N3O2. The second-order valence-electron chi connectivity index (χ2n) is 3.27. The van der Waals surface area contributed by atoms with Crippen molar-refractivity contribution in [3.8, 4) is 0 Å². The van der Waals surface area contributed by atoms with E-state index < -0.39 is 0 Å². The molecule has 0 radical (unpaired) electrons. The van der Waals surface area contributed by atoms with Gasteiger partial charge in [-0.2, -0.15) is 0 Å². The standard InChI is InChI=1S/C10H11N3O2/c1-2-3-10(14)11-7-4-5-8-9(6-7)13-15-12-8/h4-6H,2-3H2,1H3,(H,11,14). The third-order valence-corrected chi connectivity index (χ3v) is 2.01. The lowest BCUT2D eigenvalue weighted by molar-refractivity contribution is -0.116. The quantitative estimate of drug-likeness (QED) is 0.831. The van der Waals surface area contributed by atoms with Crippen molar-refractivity contribution in [1.82, 2.24) is 10.3 Å². The lowest BCUT2D eigenvalue weighted by Gasteiger charge is -2.02. The van der Waals surface area contributed by atoms with Crippen molar-refractivity contribution < 1.29 is 9.42 Å². The molecule has 1 aromatic carbocycles. The van der Waals surface area contributed by atoms with Crippen molar-refractivity contribution in [3.63, 3.8) is 0 Å². The maximum atomic E-state index is 11.3. The van der Waals surface area contributed by atoms with Crippen LogP contribution in [0, 0.1) is 0 Å². The highest BCUT2D eigenvalue weighted by Crippen LogP contribution is 2.15. The summed E-state index contributed by atoms with van der Waals surface area (Å²) >= 11 is 0. The molecule has 1 aromatic heterocycles. The van der Waals surface area contributed by atoms with E-state index in [1.165, 1.54) is 0 Å². The van der Waals surface area contributed by atoms with Gasteiger partial charge in [0.15, 0.2) is 0 Å². The number of amides is 1. The van der Waals surface area contributed by atoms with Crippen molar-refractivity contribution in [2.75, 3.05) is 5.32 Å². The topological polar surface area (TPSA) is 68.0 Å². The second-order valence-corrected chi connectivity index (χ2v) is 3.27. The molecule has 0 saturated carbocycles. The number of hydrogen-bond acceptors (Lipinski definition) is 4. The molecule has 78 valence electrons. The van der Waals surface area contributed by atoms with Crippen LogP contribution in [0.3, 0.4) is 0 Å². The Morgan fingerprint density at radius 1 is 1.40 bits per heavy atom. The van der Waals surface area contributed by atoms with Gasteiger partial charge in [-0.3, -0.25) is 4.79 Å². The highest BCUT2D eigenvalue weighted by atomic mass is 16.6. The van der Waals surface area contributed by atoms with Crippen molar-refractivity contribution in [3.05, 3.63) is 18.2 Å². The van der Waals surface area contributed by atoms with Crippen molar-refractivity contribution in [2.45, 2.75) is 19.8 Å². The maximum Gasteiger partial charge on any atom is 0.224 e. The lowest BCUT2D eigenvalue weighted by atomic mass is 10.2. The molecule has 0 aliphatic carbocycles. The van der Waals surface area contributed by atoms with Crippen LogP contribution in [-0.2, 0) is 4.79 Å². The Hall–Kier alpha value is -1.91. The van der Waals surface area contributed by atoms with Gasteiger partial charge in [0.2, 0.25) is 5.91 Å². The molecule has 2 rings (SSSR count). The van der Waals surface area contributed by atoms with E-state index in [2.05, 4.69) is 20.3 Å². The molecule has 0 atom stereocenters. The highest BCUT2D eigenvalue weighted by molar-refractivity contribution is 5.92. The summed E-state index contributed by atoms with van der Waals surface area (Å²) in [5, 5.41) is 10.1. The predicted octanol–water partition coefficient (Wildman–Crippen LogP) is 1.96.